The van der Waals surface area contributed by atoms with Gasteiger partial charge < -0.3 is 15.5 Å². The van der Waals surface area contributed by atoms with Gasteiger partial charge in [0.05, 0.1) is 0 Å². The molecule has 0 heterocycles. The van der Waals surface area contributed by atoms with Crippen molar-refractivity contribution in [1.29, 1.82) is 0 Å². The van der Waals surface area contributed by atoms with Crippen LogP contribution in [0.1, 0.15) is 52.5 Å². The van der Waals surface area contributed by atoms with Gasteiger partial charge in [-0.1, -0.05) is 40.2 Å². The molecule has 4 nitrogen and oxygen atoms in total. The second-order valence-electron chi connectivity index (χ2n) is 5.76. The maximum atomic E-state index is 11.7. The molecule has 106 valence electrons. The van der Waals surface area contributed by atoms with Crippen LogP contribution in [0.2, 0.25) is 0 Å². The average molecular weight is 265 g/mol. The van der Waals surface area contributed by atoms with Crippen LogP contribution in [0.4, 0.5) is 5.69 Å². The van der Waals surface area contributed by atoms with Crippen molar-refractivity contribution in [1.82, 2.24) is 0 Å². The third-order valence-electron chi connectivity index (χ3n) is 2.99. The summed E-state index contributed by atoms with van der Waals surface area (Å²) in [5.41, 5.74) is 0.533. The van der Waals surface area contributed by atoms with Gasteiger partial charge in [-0.05, 0) is 17.9 Å². The van der Waals surface area contributed by atoms with E-state index in [0.29, 0.717) is 12.0 Å². The van der Waals surface area contributed by atoms with Gasteiger partial charge in [0.2, 0.25) is 5.91 Å². The quantitative estimate of drug-likeness (QED) is 0.729. The highest BCUT2D eigenvalue weighted by atomic mass is 16.3. The maximum absolute atomic E-state index is 11.7. The molecule has 1 rings (SSSR count). The summed E-state index contributed by atoms with van der Waals surface area (Å²) in [6.07, 6.45) is 2.09. The molecule has 0 aliphatic rings. The topological polar surface area (TPSA) is 69.6 Å². The van der Waals surface area contributed by atoms with Crippen molar-refractivity contribution < 1.29 is 15.0 Å². The molecule has 1 amide bonds. The fraction of sp³-hybridized carbons (Fsp3) is 0.533. The van der Waals surface area contributed by atoms with Crippen LogP contribution in [0.15, 0.2) is 12.1 Å². The van der Waals surface area contributed by atoms with E-state index in [-0.39, 0.29) is 28.5 Å². The largest absolute Gasteiger partial charge is 0.506 e. The molecule has 3 N–H and O–H groups in total. The van der Waals surface area contributed by atoms with Gasteiger partial charge in [0, 0.05) is 12.0 Å². The summed E-state index contributed by atoms with van der Waals surface area (Å²) in [5, 5.41) is 22.6. The Morgan fingerprint density at radius 2 is 1.89 bits per heavy atom. The van der Waals surface area contributed by atoms with Gasteiger partial charge in [-0.2, -0.15) is 0 Å². The van der Waals surface area contributed by atoms with E-state index in [0.717, 1.165) is 12.8 Å². The van der Waals surface area contributed by atoms with Crippen molar-refractivity contribution in [3.8, 4) is 11.5 Å². The zero-order valence-corrected chi connectivity index (χ0v) is 12.1. The molecule has 0 saturated carbocycles. The second-order valence-corrected chi connectivity index (χ2v) is 5.76. The number of carbonyl (C=O) groups excluding carboxylic acids is 1. The normalized spacial score (nSPS) is 11.4. The summed E-state index contributed by atoms with van der Waals surface area (Å²) in [4.78, 5) is 11.7. The Bertz CT molecular complexity index is 461. The van der Waals surface area contributed by atoms with Crippen LogP contribution in [-0.2, 0) is 10.2 Å². The fourth-order valence-electron chi connectivity index (χ4n) is 1.85. The summed E-state index contributed by atoms with van der Waals surface area (Å²) < 4.78 is 0. The van der Waals surface area contributed by atoms with Crippen molar-refractivity contribution in [2.75, 3.05) is 5.32 Å². The molecule has 0 bridgehead atoms. The van der Waals surface area contributed by atoms with Gasteiger partial charge in [-0.3, -0.25) is 4.79 Å². The molecule has 1 aromatic rings. The molecule has 0 aliphatic carbocycles. The molecular formula is C15H23NO3. The van der Waals surface area contributed by atoms with E-state index >= 15 is 0 Å². The first-order valence-corrected chi connectivity index (χ1v) is 6.62. The molecule has 0 spiro atoms. The van der Waals surface area contributed by atoms with Gasteiger partial charge in [0.25, 0.3) is 0 Å². The summed E-state index contributed by atoms with van der Waals surface area (Å²) >= 11 is 0. The summed E-state index contributed by atoms with van der Waals surface area (Å²) in [7, 11) is 0. The van der Waals surface area contributed by atoms with E-state index < -0.39 is 0 Å². The van der Waals surface area contributed by atoms with E-state index in [2.05, 4.69) is 5.32 Å². The number of phenolic OH excluding ortho intramolecular Hbond substituents is 2. The van der Waals surface area contributed by atoms with Gasteiger partial charge in [-0.15, -0.1) is 0 Å². The minimum absolute atomic E-state index is 0.0580. The van der Waals surface area contributed by atoms with Gasteiger partial charge in [-0.25, -0.2) is 0 Å². The van der Waals surface area contributed by atoms with Crippen LogP contribution in [0, 0.1) is 0 Å². The molecule has 0 saturated heterocycles. The minimum Gasteiger partial charge on any atom is -0.506 e. The predicted octanol–water partition coefficient (Wildman–Crippen LogP) is 3.52. The summed E-state index contributed by atoms with van der Waals surface area (Å²) in [6.45, 7) is 7.88. The average Bonchev–Trinajstić information content (AvgIpc) is 2.30. The lowest BCUT2D eigenvalue weighted by molar-refractivity contribution is -0.116. The predicted molar refractivity (Wildman–Crippen MR) is 76.6 cm³/mol. The lowest BCUT2D eigenvalue weighted by Gasteiger charge is -2.22. The Labute approximate surface area is 114 Å². The Hall–Kier alpha value is -1.71. The summed E-state index contributed by atoms with van der Waals surface area (Å²) in [5.74, 6) is -0.369. The first-order valence-electron chi connectivity index (χ1n) is 6.62. The first kappa shape index (κ1) is 15.3. The number of rotatable bonds is 4. The number of benzene rings is 1. The molecule has 4 heteroatoms. The number of aromatic hydroxyl groups is 2. The van der Waals surface area contributed by atoms with E-state index in [4.69, 9.17) is 0 Å². The van der Waals surface area contributed by atoms with Crippen LogP contribution < -0.4 is 5.32 Å². The highest BCUT2D eigenvalue weighted by Gasteiger charge is 2.22. The SMILES string of the molecule is CCCCC(=O)Nc1c(O)ccc(C(C)(C)C)c1O. The van der Waals surface area contributed by atoms with Crippen LogP contribution in [0.25, 0.3) is 0 Å². The van der Waals surface area contributed by atoms with Gasteiger partial charge in [0.15, 0.2) is 0 Å². The van der Waals surface area contributed by atoms with Crippen molar-refractivity contribution in [3.05, 3.63) is 17.7 Å². The highest BCUT2D eigenvalue weighted by Crippen LogP contribution is 2.41. The fourth-order valence-corrected chi connectivity index (χ4v) is 1.85. The van der Waals surface area contributed by atoms with Crippen molar-refractivity contribution in [2.24, 2.45) is 0 Å². The zero-order chi connectivity index (χ0) is 14.6. The lowest BCUT2D eigenvalue weighted by atomic mass is 9.86. The molecule has 0 aromatic heterocycles. The van der Waals surface area contributed by atoms with Crippen LogP contribution in [-0.4, -0.2) is 16.1 Å². The zero-order valence-electron chi connectivity index (χ0n) is 12.1. The lowest BCUT2D eigenvalue weighted by Crippen LogP contribution is -2.15. The van der Waals surface area contributed by atoms with Crippen LogP contribution >= 0.6 is 0 Å². The molecular weight excluding hydrogens is 242 g/mol. The highest BCUT2D eigenvalue weighted by molar-refractivity contribution is 5.94. The summed E-state index contributed by atoms with van der Waals surface area (Å²) in [6, 6.07) is 3.17. The third kappa shape index (κ3) is 3.88. The monoisotopic (exact) mass is 265 g/mol. The number of nitrogens with one attached hydrogen (secondary N) is 1. The molecule has 0 radical (unpaired) electrons. The van der Waals surface area contributed by atoms with Crippen LogP contribution in [0.5, 0.6) is 11.5 Å². The van der Waals surface area contributed by atoms with E-state index in [1.54, 1.807) is 6.07 Å². The number of phenols is 2. The number of carbonyl (C=O) groups is 1. The minimum atomic E-state index is -0.263. The van der Waals surface area contributed by atoms with Crippen molar-refractivity contribution in [2.45, 2.75) is 52.4 Å². The Balaban J connectivity index is 3.04. The van der Waals surface area contributed by atoms with E-state index in [1.807, 2.05) is 27.7 Å². The van der Waals surface area contributed by atoms with E-state index in [9.17, 15) is 15.0 Å². The number of amides is 1. The molecule has 0 fully saturated rings. The standard InChI is InChI=1S/C15H23NO3/c1-5-6-7-12(18)16-13-11(17)9-8-10(14(13)19)15(2,3)4/h8-9,17,19H,5-7H2,1-4H3,(H,16,18). The Kier molecular flexibility index (Phi) is 4.81. The number of anilines is 1. The number of unbranched alkanes of at least 4 members (excludes halogenated alkanes) is 1. The molecule has 0 aliphatic heterocycles. The molecule has 1 aromatic carbocycles. The maximum Gasteiger partial charge on any atom is 0.224 e. The molecule has 0 unspecified atom stereocenters. The smallest absolute Gasteiger partial charge is 0.224 e. The number of hydrogen-bond donors (Lipinski definition) is 3. The van der Waals surface area contributed by atoms with Gasteiger partial charge in [0.1, 0.15) is 17.2 Å². The number of hydrogen-bond acceptors (Lipinski definition) is 3. The van der Waals surface area contributed by atoms with Crippen molar-refractivity contribution in [3.63, 3.8) is 0 Å². The van der Waals surface area contributed by atoms with Crippen molar-refractivity contribution >= 4 is 11.6 Å². The van der Waals surface area contributed by atoms with Crippen LogP contribution in [0.3, 0.4) is 0 Å². The Morgan fingerprint density at radius 3 is 2.42 bits per heavy atom. The Morgan fingerprint density at radius 1 is 1.26 bits per heavy atom. The second kappa shape index (κ2) is 5.95. The first-order chi connectivity index (χ1) is 8.77. The van der Waals surface area contributed by atoms with Gasteiger partial charge >= 0.3 is 0 Å². The molecule has 19 heavy (non-hydrogen) atoms. The third-order valence-corrected chi connectivity index (χ3v) is 2.99. The molecule has 0 atom stereocenters. The van der Waals surface area contributed by atoms with E-state index in [1.165, 1.54) is 6.07 Å².